The van der Waals surface area contributed by atoms with Crippen LogP contribution in [0.5, 0.6) is 0 Å². The topological polar surface area (TPSA) is 24.7 Å². The Balaban J connectivity index is 0.00000235. The third-order valence-electron chi connectivity index (χ3n) is 6.68. The van der Waals surface area contributed by atoms with Crippen LogP contribution in [0, 0.1) is 55.9 Å². The molecule has 0 amide bonds. The second kappa shape index (κ2) is 16.8. The van der Waals surface area contributed by atoms with Gasteiger partial charge in [0.05, 0.1) is 22.8 Å². The Labute approximate surface area is 247 Å². The van der Waals surface area contributed by atoms with Gasteiger partial charge in [0.2, 0.25) is 0 Å². The van der Waals surface area contributed by atoms with E-state index in [0.717, 1.165) is 54.9 Å². The molecule has 0 spiro atoms. The van der Waals surface area contributed by atoms with Crippen molar-refractivity contribution in [2.75, 3.05) is 0 Å². The van der Waals surface area contributed by atoms with Crippen LogP contribution in [0.1, 0.15) is 77.1 Å². The summed E-state index contributed by atoms with van der Waals surface area (Å²) in [7, 11) is 4.49. The summed E-state index contributed by atoms with van der Waals surface area (Å²) in [4.78, 5) is 10.5. The Bertz CT molecular complexity index is 1190. The first-order valence-corrected chi connectivity index (χ1v) is 15.2. The third kappa shape index (κ3) is 9.92. The summed E-state index contributed by atoms with van der Waals surface area (Å²) in [6, 6.07) is 17.8. The van der Waals surface area contributed by atoms with Crippen LogP contribution >= 0.6 is 9.53 Å². The Morgan fingerprint density at radius 1 is 0.632 bits per heavy atom. The molecule has 4 heteroatoms. The summed E-state index contributed by atoms with van der Waals surface area (Å²) in [6.45, 7) is 17.3. The number of aryl methyl sites for hydroxylation is 8. The predicted molar refractivity (Wildman–Crippen MR) is 167 cm³/mol. The molecule has 3 aromatic carbocycles. The van der Waals surface area contributed by atoms with Crippen molar-refractivity contribution in [2.45, 2.75) is 87.5 Å². The van der Waals surface area contributed by atoms with Gasteiger partial charge in [0.15, 0.2) is 0 Å². The van der Waals surface area contributed by atoms with Crippen molar-refractivity contribution < 1.29 is 18.2 Å². The molecule has 0 saturated heterocycles. The van der Waals surface area contributed by atoms with Gasteiger partial charge in [-0.2, -0.15) is 0 Å². The summed E-state index contributed by atoms with van der Waals surface area (Å²) >= 11 is 2.22. The number of rotatable bonds is 9. The van der Waals surface area contributed by atoms with Crippen molar-refractivity contribution in [1.29, 1.82) is 0 Å². The monoisotopic (exact) mass is 622 g/mol. The minimum absolute atomic E-state index is 0. The molecule has 208 valence electrons. The number of benzene rings is 3. The van der Waals surface area contributed by atoms with Gasteiger partial charge >= 0.3 is 27.7 Å². The zero-order valence-corrected chi connectivity index (χ0v) is 27.1. The van der Waals surface area contributed by atoms with Gasteiger partial charge in [-0.1, -0.05) is 72.1 Å². The number of hydrogen-bond acceptors (Lipinski definition) is 2. The molecule has 0 fully saturated rings. The van der Waals surface area contributed by atoms with E-state index in [1.807, 2.05) is 0 Å². The van der Waals surface area contributed by atoms with Gasteiger partial charge in [0.1, 0.15) is 0 Å². The Kier molecular flexibility index (Phi) is 15.0. The average Bonchev–Trinajstić information content (AvgIpc) is 2.85. The van der Waals surface area contributed by atoms with Crippen LogP contribution in [0.3, 0.4) is 0 Å². The molecule has 0 unspecified atom stereocenters. The summed E-state index contributed by atoms with van der Waals surface area (Å²) in [5, 5.41) is 0. The molecule has 0 saturated carbocycles. The fraction of sp³-hybridized carbons (Fsp3) is 0.382. The van der Waals surface area contributed by atoms with Gasteiger partial charge in [0, 0.05) is 0 Å². The molecular formula is C34H45ClN2Pd. The first-order chi connectivity index (χ1) is 17.7. The molecule has 0 aliphatic carbocycles. The van der Waals surface area contributed by atoms with Crippen molar-refractivity contribution >= 4 is 32.3 Å². The molecule has 0 radical (unpaired) electrons. The van der Waals surface area contributed by atoms with Crippen LogP contribution in [0.25, 0.3) is 0 Å². The number of nitrogens with zero attached hydrogens (tertiary/aromatic N) is 2. The minimum atomic E-state index is 0. The van der Waals surface area contributed by atoms with Crippen LogP contribution in [-0.4, -0.2) is 11.4 Å². The zero-order chi connectivity index (χ0) is 27.5. The van der Waals surface area contributed by atoms with Crippen LogP contribution in [-0.2, 0) is 24.6 Å². The van der Waals surface area contributed by atoms with Crippen LogP contribution in [0.2, 0.25) is 0 Å². The van der Waals surface area contributed by atoms with Crippen molar-refractivity contribution in [1.82, 2.24) is 0 Å². The van der Waals surface area contributed by atoms with Crippen LogP contribution in [0.4, 0.5) is 11.4 Å². The third-order valence-corrected chi connectivity index (χ3v) is 6.68. The van der Waals surface area contributed by atoms with Crippen molar-refractivity contribution in [3.05, 3.63) is 100 Å². The number of hydrogen-bond donors (Lipinski definition) is 0. The molecule has 38 heavy (non-hydrogen) atoms. The fourth-order valence-electron chi connectivity index (χ4n) is 4.96. The van der Waals surface area contributed by atoms with E-state index < -0.39 is 0 Å². The standard InChI is InChI=1S/C33H42N2.CH3.ClH.Pd/c1-9-30(34-32-25(5)18-23(3)19-26(32)6)31(35-33-27(7)20-24(4)21-28(33)8)13-11-10-12-29-16-14-22(2)15-17-29;;;/h14-21H,9-13H2,1-8H3;1H3;1H;/q;-1;;+2/p-1. The fourth-order valence-corrected chi connectivity index (χ4v) is 4.96. The van der Waals surface area contributed by atoms with Gasteiger partial charge in [-0.05, 0) is 108 Å². The van der Waals surface area contributed by atoms with Gasteiger partial charge < -0.3 is 7.43 Å². The molecule has 0 aliphatic heterocycles. The SMILES string of the molecule is CCC(=Nc1c(C)cc(C)cc1C)C(CCCCc1ccc(C)cc1)=Nc1c(C)cc(C)cc1C.[CH3-].[Cl][Pd+]. The molecule has 0 atom stereocenters. The Hall–Kier alpha value is -2.05. The zero-order valence-electron chi connectivity index (χ0n) is 24.7. The summed E-state index contributed by atoms with van der Waals surface area (Å²) in [5.74, 6) is 0. The average molecular weight is 624 g/mol. The number of unbranched alkanes of at least 4 members (excludes halogenated alkanes) is 1. The van der Waals surface area contributed by atoms with E-state index in [1.54, 1.807) is 0 Å². The second-order valence-corrected chi connectivity index (χ2v) is 10.2. The normalized spacial score (nSPS) is 11.6. The second-order valence-electron chi connectivity index (χ2n) is 10.2. The Morgan fingerprint density at radius 3 is 1.47 bits per heavy atom. The Morgan fingerprint density at radius 2 is 1.05 bits per heavy atom. The van der Waals surface area contributed by atoms with Gasteiger partial charge in [-0.25, -0.2) is 0 Å². The quantitative estimate of drug-likeness (QED) is 0.0981. The molecule has 2 nitrogen and oxygen atoms in total. The van der Waals surface area contributed by atoms with Crippen molar-refractivity contribution in [2.24, 2.45) is 9.98 Å². The maximum absolute atomic E-state index is 5.29. The van der Waals surface area contributed by atoms with E-state index in [2.05, 4.69) is 132 Å². The van der Waals surface area contributed by atoms with E-state index in [-0.39, 0.29) is 7.43 Å². The summed E-state index contributed by atoms with van der Waals surface area (Å²) in [6.07, 6.45) is 5.16. The van der Waals surface area contributed by atoms with Gasteiger partial charge in [0.25, 0.3) is 0 Å². The molecule has 0 N–H and O–H groups in total. The van der Waals surface area contributed by atoms with Gasteiger partial charge in [-0.15, -0.1) is 0 Å². The van der Waals surface area contributed by atoms with E-state index in [1.165, 1.54) is 44.5 Å². The molecule has 3 rings (SSSR count). The van der Waals surface area contributed by atoms with E-state index in [0.29, 0.717) is 0 Å². The predicted octanol–water partition coefficient (Wildman–Crippen LogP) is 10.7. The first-order valence-electron chi connectivity index (χ1n) is 13.2. The molecule has 0 aromatic heterocycles. The maximum atomic E-state index is 5.29. The molecule has 0 bridgehead atoms. The summed E-state index contributed by atoms with van der Waals surface area (Å²) < 4.78 is 0. The molecule has 0 heterocycles. The van der Waals surface area contributed by atoms with Crippen LogP contribution in [0.15, 0.2) is 58.5 Å². The van der Waals surface area contributed by atoms with Crippen molar-refractivity contribution in [3.8, 4) is 0 Å². The first kappa shape index (κ1) is 34.0. The number of halogens is 1. The van der Waals surface area contributed by atoms with Crippen LogP contribution < -0.4 is 0 Å². The summed E-state index contributed by atoms with van der Waals surface area (Å²) in [5.41, 5.74) is 14.7. The molecular weight excluding hydrogens is 578 g/mol. The molecule has 3 aromatic rings. The van der Waals surface area contributed by atoms with Gasteiger partial charge in [-0.3, -0.25) is 9.98 Å². The molecule has 0 aliphatic rings. The van der Waals surface area contributed by atoms with Crippen molar-refractivity contribution in [3.63, 3.8) is 0 Å². The van der Waals surface area contributed by atoms with E-state index in [9.17, 15) is 0 Å². The van der Waals surface area contributed by atoms with E-state index >= 15 is 0 Å². The van der Waals surface area contributed by atoms with E-state index in [4.69, 9.17) is 9.98 Å². The number of aliphatic imine (C=N–C) groups is 2.